The third-order valence-electron chi connectivity index (χ3n) is 3.03. The van der Waals surface area contributed by atoms with E-state index in [4.69, 9.17) is 0 Å². The van der Waals surface area contributed by atoms with E-state index < -0.39 is 18.0 Å². The minimum atomic E-state index is -4.78. The third kappa shape index (κ3) is 5.79. The van der Waals surface area contributed by atoms with Crippen LogP contribution in [0.2, 0.25) is 0 Å². The average molecular weight is 353 g/mol. The Morgan fingerprint density at radius 1 is 1.12 bits per heavy atom. The number of aromatic nitrogens is 1. The Balaban J connectivity index is 1.90. The second-order valence-corrected chi connectivity index (χ2v) is 5.02. The molecule has 0 aliphatic carbocycles. The molecule has 1 heterocycles. The number of carbonyl (C=O) groups is 2. The smallest absolute Gasteiger partial charge is 0.406 e. The van der Waals surface area contributed by atoms with Crippen molar-refractivity contribution in [3.8, 4) is 5.75 Å². The second-order valence-electron chi connectivity index (χ2n) is 5.02. The van der Waals surface area contributed by atoms with Crippen molar-refractivity contribution >= 4 is 17.5 Å². The molecule has 2 rings (SSSR count). The largest absolute Gasteiger partial charge is 0.573 e. The number of hydrogen-bond acceptors (Lipinski definition) is 4. The number of carbonyl (C=O) groups excluding carboxylic acids is 2. The molecular formula is C16H14F3N3O3. The molecule has 1 aromatic carbocycles. The van der Waals surface area contributed by atoms with Gasteiger partial charge in [0.15, 0.2) is 0 Å². The maximum atomic E-state index is 12.1. The Morgan fingerprint density at radius 2 is 1.72 bits per heavy atom. The predicted molar refractivity (Wildman–Crippen MR) is 83.0 cm³/mol. The molecule has 1 aromatic heterocycles. The Kier molecular flexibility index (Phi) is 5.58. The number of halogens is 3. The minimum absolute atomic E-state index is 0.220. The number of pyridine rings is 1. The summed E-state index contributed by atoms with van der Waals surface area (Å²) in [5.41, 5.74) is 0.670. The monoisotopic (exact) mass is 353 g/mol. The van der Waals surface area contributed by atoms with Crippen LogP contribution < -0.4 is 10.1 Å². The molecule has 0 unspecified atom stereocenters. The SMILES string of the molecule is CN(CC(=O)Nc1ccc(OC(F)(F)F)cc1)C(=O)c1ccncc1. The van der Waals surface area contributed by atoms with E-state index in [1.807, 2.05) is 0 Å². The zero-order chi connectivity index (χ0) is 18.4. The van der Waals surface area contributed by atoms with Crippen LogP contribution >= 0.6 is 0 Å². The van der Waals surface area contributed by atoms with Crippen molar-refractivity contribution in [2.75, 3.05) is 18.9 Å². The van der Waals surface area contributed by atoms with E-state index >= 15 is 0 Å². The molecule has 0 bridgehead atoms. The fourth-order valence-corrected chi connectivity index (χ4v) is 1.94. The summed E-state index contributed by atoms with van der Waals surface area (Å²) in [6.07, 6.45) is -1.85. The summed E-state index contributed by atoms with van der Waals surface area (Å²) in [5.74, 6) is -1.24. The molecule has 0 radical (unpaired) electrons. The van der Waals surface area contributed by atoms with Crippen molar-refractivity contribution in [1.82, 2.24) is 9.88 Å². The summed E-state index contributed by atoms with van der Waals surface area (Å²) in [6.45, 7) is -0.220. The fourth-order valence-electron chi connectivity index (χ4n) is 1.94. The van der Waals surface area contributed by atoms with Crippen LogP contribution in [0.1, 0.15) is 10.4 Å². The van der Waals surface area contributed by atoms with E-state index in [9.17, 15) is 22.8 Å². The van der Waals surface area contributed by atoms with Crippen LogP contribution in [0.5, 0.6) is 5.75 Å². The molecule has 0 aliphatic heterocycles. The van der Waals surface area contributed by atoms with E-state index in [2.05, 4.69) is 15.0 Å². The number of anilines is 1. The van der Waals surface area contributed by atoms with Gasteiger partial charge in [-0.3, -0.25) is 14.6 Å². The highest BCUT2D eigenvalue weighted by atomic mass is 19.4. The van der Waals surface area contributed by atoms with Gasteiger partial charge in [-0.2, -0.15) is 0 Å². The van der Waals surface area contributed by atoms with Gasteiger partial charge in [-0.15, -0.1) is 13.2 Å². The van der Waals surface area contributed by atoms with Crippen LogP contribution in [0.4, 0.5) is 18.9 Å². The molecule has 132 valence electrons. The fraction of sp³-hybridized carbons (Fsp3) is 0.188. The molecular weight excluding hydrogens is 339 g/mol. The molecule has 25 heavy (non-hydrogen) atoms. The second kappa shape index (κ2) is 7.65. The van der Waals surface area contributed by atoms with E-state index in [0.29, 0.717) is 5.56 Å². The minimum Gasteiger partial charge on any atom is -0.406 e. The molecule has 1 N–H and O–H groups in total. The van der Waals surface area contributed by atoms with Crippen molar-refractivity contribution < 1.29 is 27.5 Å². The highest BCUT2D eigenvalue weighted by Gasteiger charge is 2.30. The number of rotatable bonds is 5. The summed E-state index contributed by atoms with van der Waals surface area (Å²) in [5, 5.41) is 2.49. The lowest BCUT2D eigenvalue weighted by molar-refractivity contribution is -0.274. The summed E-state index contributed by atoms with van der Waals surface area (Å²) in [7, 11) is 1.46. The lowest BCUT2D eigenvalue weighted by Crippen LogP contribution is -2.34. The Labute approximate surface area is 141 Å². The Morgan fingerprint density at radius 3 is 2.28 bits per heavy atom. The Bertz CT molecular complexity index is 734. The summed E-state index contributed by atoms with van der Waals surface area (Å²) >= 11 is 0. The first-order valence-corrected chi connectivity index (χ1v) is 7.06. The molecule has 2 amide bonds. The van der Waals surface area contributed by atoms with Gasteiger partial charge in [-0.05, 0) is 36.4 Å². The van der Waals surface area contributed by atoms with Crippen LogP contribution in [0.25, 0.3) is 0 Å². The first-order chi connectivity index (χ1) is 11.7. The van der Waals surface area contributed by atoms with Gasteiger partial charge in [0.2, 0.25) is 5.91 Å². The normalized spacial score (nSPS) is 10.9. The number of nitrogens with zero attached hydrogens (tertiary/aromatic N) is 2. The zero-order valence-corrected chi connectivity index (χ0v) is 13.1. The van der Waals surface area contributed by atoms with Gasteiger partial charge in [0.1, 0.15) is 5.75 Å². The molecule has 0 atom stereocenters. The quantitative estimate of drug-likeness (QED) is 0.897. The number of nitrogens with one attached hydrogen (secondary N) is 1. The number of ether oxygens (including phenoxy) is 1. The highest BCUT2D eigenvalue weighted by Crippen LogP contribution is 2.23. The highest BCUT2D eigenvalue weighted by molar-refractivity contribution is 5.99. The number of amides is 2. The van der Waals surface area contributed by atoms with Crippen molar-refractivity contribution in [3.63, 3.8) is 0 Å². The molecule has 0 fully saturated rings. The first kappa shape index (κ1) is 18.2. The maximum Gasteiger partial charge on any atom is 0.573 e. The summed E-state index contributed by atoms with van der Waals surface area (Å²) < 4.78 is 40.0. The van der Waals surface area contributed by atoms with Gasteiger partial charge in [0, 0.05) is 30.7 Å². The molecule has 0 saturated heterocycles. The lowest BCUT2D eigenvalue weighted by atomic mass is 10.2. The summed E-state index contributed by atoms with van der Waals surface area (Å²) in [4.78, 5) is 29.1. The van der Waals surface area contributed by atoms with E-state index in [1.165, 1.54) is 48.6 Å². The number of hydrogen-bond donors (Lipinski definition) is 1. The van der Waals surface area contributed by atoms with Crippen LogP contribution in [0, 0.1) is 0 Å². The standard InChI is InChI=1S/C16H14F3N3O3/c1-22(15(24)11-6-8-20-9-7-11)10-14(23)21-12-2-4-13(5-3-12)25-16(17,18)19/h2-9H,10H2,1H3,(H,21,23). The number of likely N-dealkylation sites (N-methyl/N-ethyl adjacent to an activating group) is 1. The van der Waals surface area contributed by atoms with Gasteiger partial charge in [0.05, 0.1) is 6.54 Å². The van der Waals surface area contributed by atoms with Gasteiger partial charge in [0.25, 0.3) is 5.91 Å². The third-order valence-corrected chi connectivity index (χ3v) is 3.03. The molecule has 0 saturated carbocycles. The van der Waals surface area contributed by atoms with Gasteiger partial charge in [-0.25, -0.2) is 0 Å². The molecule has 6 nitrogen and oxygen atoms in total. The zero-order valence-electron chi connectivity index (χ0n) is 13.1. The van der Waals surface area contributed by atoms with Crippen LogP contribution in [0.3, 0.4) is 0 Å². The van der Waals surface area contributed by atoms with Gasteiger partial charge in [-0.1, -0.05) is 0 Å². The van der Waals surface area contributed by atoms with Crippen molar-refractivity contribution in [2.45, 2.75) is 6.36 Å². The van der Waals surface area contributed by atoms with E-state index in [-0.39, 0.29) is 18.1 Å². The molecule has 0 aliphatic rings. The van der Waals surface area contributed by atoms with E-state index in [1.54, 1.807) is 0 Å². The number of alkyl halides is 3. The average Bonchev–Trinajstić information content (AvgIpc) is 2.55. The molecule has 9 heteroatoms. The molecule has 2 aromatic rings. The van der Waals surface area contributed by atoms with Crippen LogP contribution in [0.15, 0.2) is 48.8 Å². The van der Waals surface area contributed by atoms with Crippen LogP contribution in [-0.2, 0) is 4.79 Å². The van der Waals surface area contributed by atoms with Crippen LogP contribution in [-0.4, -0.2) is 41.7 Å². The van der Waals surface area contributed by atoms with Crippen molar-refractivity contribution in [3.05, 3.63) is 54.4 Å². The predicted octanol–water partition coefficient (Wildman–Crippen LogP) is 2.69. The van der Waals surface area contributed by atoms with Gasteiger partial charge >= 0.3 is 6.36 Å². The number of benzene rings is 1. The van der Waals surface area contributed by atoms with Crippen molar-refractivity contribution in [2.24, 2.45) is 0 Å². The molecule has 0 spiro atoms. The van der Waals surface area contributed by atoms with Crippen molar-refractivity contribution in [1.29, 1.82) is 0 Å². The topological polar surface area (TPSA) is 71.5 Å². The maximum absolute atomic E-state index is 12.1. The Hall–Kier alpha value is -3.10. The van der Waals surface area contributed by atoms with E-state index in [0.717, 1.165) is 12.1 Å². The first-order valence-electron chi connectivity index (χ1n) is 7.06. The lowest BCUT2D eigenvalue weighted by Gasteiger charge is -2.17. The van der Waals surface area contributed by atoms with Gasteiger partial charge < -0.3 is 15.0 Å². The summed E-state index contributed by atoms with van der Waals surface area (Å²) in [6, 6.07) is 7.74.